The number of sulfonamides is 1. The third-order valence-corrected chi connectivity index (χ3v) is 7.30. The Balaban J connectivity index is 1.63. The van der Waals surface area contributed by atoms with Crippen molar-refractivity contribution in [3.05, 3.63) is 53.4 Å². The van der Waals surface area contributed by atoms with Crippen LogP contribution in [0.5, 0.6) is 0 Å². The number of likely N-dealkylation sites (tertiary alicyclic amines) is 1. The third kappa shape index (κ3) is 4.09. The van der Waals surface area contributed by atoms with Gasteiger partial charge in [-0.15, -0.1) is 11.3 Å². The van der Waals surface area contributed by atoms with Gasteiger partial charge in [0.05, 0.1) is 6.54 Å². The number of nitrogens with zero attached hydrogens (tertiary/aromatic N) is 1. The molecular formula is C17H21N3O3S2. The van der Waals surface area contributed by atoms with Gasteiger partial charge < -0.3 is 10.6 Å². The third-order valence-electron chi connectivity index (χ3n) is 4.50. The Morgan fingerprint density at radius 3 is 2.60 bits per heavy atom. The number of benzene rings is 1. The Morgan fingerprint density at radius 1 is 1.20 bits per heavy atom. The van der Waals surface area contributed by atoms with Crippen LogP contribution in [-0.4, -0.2) is 45.4 Å². The van der Waals surface area contributed by atoms with Crippen molar-refractivity contribution >= 4 is 27.3 Å². The fourth-order valence-electron chi connectivity index (χ4n) is 3.15. The molecule has 2 heterocycles. The minimum absolute atomic E-state index is 0.181. The fourth-order valence-corrected chi connectivity index (χ4v) is 5.16. The zero-order valence-corrected chi connectivity index (χ0v) is 15.3. The fraction of sp³-hybridized carbons (Fsp3) is 0.353. The second-order valence-corrected chi connectivity index (χ2v) is 9.01. The number of nitrogens with two attached hydrogens (primary N) is 1. The molecule has 1 fully saturated rings. The molecule has 0 aliphatic carbocycles. The SMILES string of the molecule is NC[C@@H]1CN(C(=O)CNS(=O)(=O)c2cccs2)C[C@H]1c1ccccc1. The van der Waals surface area contributed by atoms with Crippen LogP contribution in [0.15, 0.2) is 52.1 Å². The average Bonchev–Trinajstić information content (AvgIpc) is 3.30. The van der Waals surface area contributed by atoms with E-state index in [4.69, 9.17) is 5.73 Å². The predicted molar refractivity (Wildman–Crippen MR) is 97.8 cm³/mol. The maximum Gasteiger partial charge on any atom is 0.250 e. The number of hydrogen-bond donors (Lipinski definition) is 2. The summed E-state index contributed by atoms with van der Waals surface area (Å²) >= 11 is 1.12. The van der Waals surface area contributed by atoms with Gasteiger partial charge in [-0.3, -0.25) is 4.79 Å². The molecule has 1 aromatic carbocycles. The lowest BCUT2D eigenvalue weighted by Crippen LogP contribution is -2.39. The van der Waals surface area contributed by atoms with Crippen molar-refractivity contribution in [2.24, 2.45) is 11.7 Å². The first-order valence-electron chi connectivity index (χ1n) is 8.07. The maximum atomic E-state index is 12.5. The molecule has 2 atom stereocenters. The number of carbonyl (C=O) groups is 1. The molecule has 0 unspecified atom stereocenters. The summed E-state index contributed by atoms with van der Waals surface area (Å²) in [4.78, 5) is 14.2. The molecule has 3 rings (SSSR count). The van der Waals surface area contributed by atoms with E-state index >= 15 is 0 Å². The Labute approximate surface area is 151 Å². The number of amides is 1. The summed E-state index contributed by atoms with van der Waals surface area (Å²) in [6, 6.07) is 13.2. The largest absolute Gasteiger partial charge is 0.341 e. The minimum atomic E-state index is -3.63. The normalized spacial score (nSPS) is 20.8. The molecule has 8 heteroatoms. The highest BCUT2D eigenvalue weighted by molar-refractivity contribution is 7.91. The summed E-state index contributed by atoms with van der Waals surface area (Å²) in [5.74, 6) is 0.140. The van der Waals surface area contributed by atoms with E-state index in [1.54, 1.807) is 16.3 Å². The Hall–Kier alpha value is -1.74. The number of carbonyl (C=O) groups excluding carboxylic acids is 1. The van der Waals surface area contributed by atoms with Crippen LogP contribution in [0, 0.1) is 5.92 Å². The molecule has 0 radical (unpaired) electrons. The van der Waals surface area contributed by atoms with Crippen molar-refractivity contribution in [1.29, 1.82) is 0 Å². The highest BCUT2D eigenvalue weighted by Gasteiger charge is 2.35. The van der Waals surface area contributed by atoms with E-state index in [-0.39, 0.29) is 28.5 Å². The van der Waals surface area contributed by atoms with Crippen LogP contribution in [0.3, 0.4) is 0 Å². The minimum Gasteiger partial charge on any atom is -0.341 e. The van der Waals surface area contributed by atoms with Gasteiger partial charge in [-0.05, 0) is 29.5 Å². The maximum absolute atomic E-state index is 12.5. The monoisotopic (exact) mass is 379 g/mol. The summed E-state index contributed by atoms with van der Waals surface area (Å²) in [5.41, 5.74) is 7.04. The van der Waals surface area contributed by atoms with Crippen LogP contribution in [0.2, 0.25) is 0 Å². The van der Waals surface area contributed by atoms with E-state index in [2.05, 4.69) is 4.72 Å². The highest BCUT2D eigenvalue weighted by atomic mass is 32.2. The summed E-state index contributed by atoms with van der Waals surface area (Å²) in [6.45, 7) is 1.37. The van der Waals surface area contributed by atoms with Gasteiger partial charge in [0.2, 0.25) is 5.91 Å². The van der Waals surface area contributed by atoms with Gasteiger partial charge in [-0.25, -0.2) is 13.1 Å². The highest BCUT2D eigenvalue weighted by Crippen LogP contribution is 2.31. The van der Waals surface area contributed by atoms with Crippen LogP contribution in [0.1, 0.15) is 11.5 Å². The van der Waals surface area contributed by atoms with Gasteiger partial charge in [0, 0.05) is 19.0 Å². The van der Waals surface area contributed by atoms with Crippen LogP contribution in [0.4, 0.5) is 0 Å². The molecule has 0 spiro atoms. The molecule has 0 saturated carbocycles. The Morgan fingerprint density at radius 2 is 1.96 bits per heavy atom. The standard InChI is InChI=1S/C17H21N3O3S2/c18-9-14-11-20(12-15(14)13-5-2-1-3-6-13)16(21)10-19-25(22,23)17-7-4-8-24-17/h1-8,14-15,19H,9-12,18H2/t14-,15+/m1/s1. The van der Waals surface area contributed by atoms with E-state index in [9.17, 15) is 13.2 Å². The van der Waals surface area contributed by atoms with Crippen molar-refractivity contribution in [1.82, 2.24) is 9.62 Å². The average molecular weight is 380 g/mol. The number of hydrogen-bond acceptors (Lipinski definition) is 5. The van der Waals surface area contributed by atoms with E-state index in [0.29, 0.717) is 19.6 Å². The molecule has 1 amide bonds. The van der Waals surface area contributed by atoms with E-state index in [0.717, 1.165) is 16.9 Å². The van der Waals surface area contributed by atoms with Crippen molar-refractivity contribution in [3.8, 4) is 0 Å². The van der Waals surface area contributed by atoms with Gasteiger partial charge in [0.15, 0.2) is 0 Å². The van der Waals surface area contributed by atoms with E-state index in [1.807, 2.05) is 30.3 Å². The van der Waals surface area contributed by atoms with Crippen molar-refractivity contribution < 1.29 is 13.2 Å². The Bertz CT molecular complexity index is 807. The van der Waals surface area contributed by atoms with Gasteiger partial charge in [0.25, 0.3) is 10.0 Å². The van der Waals surface area contributed by atoms with Crippen LogP contribution < -0.4 is 10.5 Å². The molecule has 25 heavy (non-hydrogen) atoms. The lowest BCUT2D eigenvalue weighted by molar-refractivity contribution is -0.129. The Kier molecular flexibility index (Phi) is 5.53. The smallest absolute Gasteiger partial charge is 0.250 e. The molecule has 134 valence electrons. The van der Waals surface area contributed by atoms with Gasteiger partial charge in [-0.2, -0.15) is 0 Å². The zero-order chi connectivity index (χ0) is 17.9. The van der Waals surface area contributed by atoms with Crippen LogP contribution in [0.25, 0.3) is 0 Å². The summed E-state index contributed by atoms with van der Waals surface area (Å²) in [5, 5.41) is 1.69. The summed E-state index contributed by atoms with van der Waals surface area (Å²) < 4.78 is 26.9. The lowest BCUT2D eigenvalue weighted by Gasteiger charge is -2.17. The first-order chi connectivity index (χ1) is 12.0. The molecule has 3 N–H and O–H groups in total. The van der Waals surface area contributed by atoms with Crippen LogP contribution in [-0.2, 0) is 14.8 Å². The predicted octanol–water partition coefficient (Wildman–Crippen LogP) is 1.23. The van der Waals surface area contributed by atoms with E-state index < -0.39 is 10.0 Å². The van der Waals surface area contributed by atoms with Crippen LogP contribution >= 0.6 is 11.3 Å². The van der Waals surface area contributed by atoms with Gasteiger partial charge in [0.1, 0.15) is 4.21 Å². The van der Waals surface area contributed by atoms with E-state index in [1.165, 1.54) is 6.07 Å². The summed E-state index contributed by atoms with van der Waals surface area (Å²) in [6.07, 6.45) is 0. The van der Waals surface area contributed by atoms with Gasteiger partial charge >= 0.3 is 0 Å². The number of thiophene rings is 1. The lowest BCUT2D eigenvalue weighted by atomic mass is 9.89. The molecule has 6 nitrogen and oxygen atoms in total. The topological polar surface area (TPSA) is 92.5 Å². The second kappa shape index (κ2) is 7.65. The molecule has 1 aromatic heterocycles. The first kappa shape index (κ1) is 18.1. The molecule has 1 saturated heterocycles. The molecule has 1 aliphatic heterocycles. The van der Waals surface area contributed by atoms with Gasteiger partial charge in [-0.1, -0.05) is 36.4 Å². The van der Waals surface area contributed by atoms with Crippen molar-refractivity contribution in [2.45, 2.75) is 10.1 Å². The van der Waals surface area contributed by atoms with Crippen molar-refractivity contribution in [3.63, 3.8) is 0 Å². The molecular weight excluding hydrogens is 358 g/mol. The number of nitrogens with one attached hydrogen (secondary N) is 1. The number of rotatable bonds is 6. The quantitative estimate of drug-likeness (QED) is 0.789. The first-order valence-corrected chi connectivity index (χ1v) is 10.4. The molecule has 1 aliphatic rings. The molecule has 2 aromatic rings. The molecule has 0 bridgehead atoms. The van der Waals surface area contributed by atoms with Crippen molar-refractivity contribution in [2.75, 3.05) is 26.2 Å². The second-order valence-electron chi connectivity index (χ2n) is 6.07. The summed E-state index contributed by atoms with van der Waals surface area (Å²) in [7, 11) is -3.63. The zero-order valence-electron chi connectivity index (χ0n) is 13.7.